The van der Waals surface area contributed by atoms with Crippen LogP contribution in [0.1, 0.15) is 17.1 Å². The number of nitrogens with zero attached hydrogens (tertiary/aromatic N) is 4. The molecule has 0 spiro atoms. The van der Waals surface area contributed by atoms with Gasteiger partial charge < -0.3 is 9.88 Å². The first-order chi connectivity index (χ1) is 16.2. The number of halogens is 4. The fraction of sp³-hybridized carbons (Fsp3) is 0.174. The Kier molecular flexibility index (Phi) is 6.73. The predicted molar refractivity (Wildman–Crippen MR) is 120 cm³/mol. The van der Waals surface area contributed by atoms with Crippen molar-refractivity contribution in [2.75, 3.05) is 11.1 Å². The minimum atomic E-state index is -4.50. The van der Waals surface area contributed by atoms with Gasteiger partial charge in [-0.15, -0.1) is 10.2 Å². The highest BCUT2D eigenvalue weighted by Gasteiger charge is 2.30. The van der Waals surface area contributed by atoms with E-state index in [-0.39, 0.29) is 11.4 Å². The second kappa shape index (κ2) is 9.72. The highest BCUT2D eigenvalue weighted by molar-refractivity contribution is 7.99. The SMILES string of the molecule is Cn1cccc1Cc1nnc(SCC(=O)Nc2cccc(C(F)(F)F)c2)n1-c1ccc(F)cc1. The molecule has 0 unspecified atom stereocenters. The third-order valence-corrected chi connectivity index (χ3v) is 5.91. The summed E-state index contributed by atoms with van der Waals surface area (Å²) in [7, 11) is 1.90. The first kappa shape index (κ1) is 23.6. The highest BCUT2D eigenvalue weighted by atomic mass is 32.2. The highest BCUT2D eigenvalue weighted by Crippen LogP contribution is 2.31. The van der Waals surface area contributed by atoms with E-state index in [2.05, 4.69) is 15.5 Å². The molecule has 0 atom stereocenters. The van der Waals surface area contributed by atoms with Crippen LogP contribution in [0.5, 0.6) is 0 Å². The fourth-order valence-corrected chi connectivity index (χ4v) is 4.07. The summed E-state index contributed by atoms with van der Waals surface area (Å²) in [6.07, 6.45) is -2.15. The Bertz CT molecular complexity index is 1300. The molecule has 0 saturated carbocycles. The van der Waals surface area contributed by atoms with Gasteiger partial charge in [0.2, 0.25) is 5.91 Å². The normalized spacial score (nSPS) is 11.6. The second-order valence-electron chi connectivity index (χ2n) is 7.41. The number of thioether (sulfide) groups is 1. The van der Waals surface area contributed by atoms with Crippen LogP contribution in [0.3, 0.4) is 0 Å². The molecule has 0 aliphatic heterocycles. The quantitative estimate of drug-likeness (QED) is 0.290. The summed E-state index contributed by atoms with van der Waals surface area (Å²) >= 11 is 1.08. The number of aryl methyl sites for hydroxylation is 1. The van der Waals surface area contributed by atoms with E-state index in [1.165, 1.54) is 24.3 Å². The molecule has 4 aromatic rings. The molecule has 2 aromatic carbocycles. The third kappa shape index (κ3) is 5.48. The van der Waals surface area contributed by atoms with E-state index in [0.717, 1.165) is 29.6 Å². The monoisotopic (exact) mass is 489 g/mol. The summed E-state index contributed by atoms with van der Waals surface area (Å²) in [5.74, 6) is -0.411. The van der Waals surface area contributed by atoms with E-state index in [4.69, 9.17) is 0 Å². The molecule has 2 heterocycles. The van der Waals surface area contributed by atoms with Crippen molar-refractivity contribution in [3.63, 3.8) is 0 Å². The molecule has 0 aliphatic carbocycles. The van der Waals surface area contributed by atoms with Crippen LogP contribution >= 0.6 is 11.8 Å². The number of amides is 1. The van der Waals surface area contributed by atoms with Crippen LogP contribution in [-0.2, 0) is 24.4 Å². The molecule has 176 valence electrons. The summed E-state index contributed by atoms with van der Waals surface area (Å²) in [6.45, 7) is 0. The van der Waals surface area contributed by atoms with Crippen molar-refractivity contribution in [3.8, 4) is 5.69 Å². The number of anilines is 1. The molecule has 0 radical (unpaired) electrons. The van der Waals surface area contributed by atoms with E-state index >= 15 is 0 Å². The van der Waals surface area contributed by atoms with Gasteiger partial charge in [0.15, 0.2) is 5.16 Å². The first-order valence-electron chi connectivity index (χ1n) is 10.1. The molecule has 0 aliphatic rings. The Balaban J connectivity index is 1.53. The van der Waals surface area contributed by atoms with Crippen LogP contribution in [0, 0.1) is 5.82 Å². The van der Waals surface area contributed by atoms with Crippen LogP contribution in [-0.4, -0.2) is 31.0 Å². The molecular formula is C23H19F4N5OS. The Morgan fingerprint density at radius 2 is 1.82 bits per heavy atom. The Labute approximate surface area is 196 Å². The van der Waals surface area contributed by atoms with E-state index in [0.29, 0.717) is 23.1 Å². The van der Waals surface area contributed by atoms with Crippen molar-refractivity contribution in [3.05, 3.63) is 89.8 Å². The number of carbonyl (C=O) groups excluding carboxylic acids is 1. The minimum Gasteiger partial charge on any atom is -0.354 e. The van der Waals surface area contributed by atoms with Crippen LogP contribution in [0.15, 0.2) is 72.0 Å². The zero-order valence-electron chi connectivity index (χ0n) is 17.9. The van der Waals surface area contributed by atoms with Crippen LogP contribution in [0.25, 0.3) is 5.69 Å². The van der Waals surface area contributed by atoms with Crippen LogP contribution < -0.4 is 5.32 Å². The van der Waals surface area contributed by atoms with Crippen molar-refractivity contribution in [1.29, 1.82) is 0 Å². The maximum atomic E-state index is 13.5. The van der Waals surface area contributed by atoms with Crippen molar-refractivity contribution >= 4 is 23.4 Å². The first-order valence-corrected chi connectivity index (χ1v) is 11.1. The minimum absolute atomic E-state index is 0.0461. The van der Waals surface area contributed by atoms with Gasteiger partial charge in [-0.3, -0.25) is 9.36 Å². The number of rotatable bonds is 7. The fourth-order valence-electron chi connectivity index (χ4n) is 3.30. The zero-order valence-corrected chi connectivity index (χ0v) is 18.7. The molecule has 0 saturated heterocycles. The number of alkyl halides is 3. The van der Waals surface area contributed by atoms with Gasteiger partial charge in [0.05, 0.1) is 11.3 Å². The summed E-state index contributed by atoms with van der Waals surface area (Å²) in [6, 6.07) is 14.1. The smallest absolute Gasteiger partial charge is 0.354 e. The number of benzene rings is 2. The number of hydrogen-bond acceptors (Lipinski definition) is 4. The summed E-state index contributed by atoms with van der Waals surface area (Å²) in [5, 5.41) is 11.3. The molecular weight excluding hydrogens is 470 g/mol. The van der Waals surface area contributed by atoms with Gasteiger partial charge in [0.1, 0.15) is 11.6 Å². The van der Waals surface area contributed by atoms with Crippen molar-refractivity contribution in [2.45, 2.75) is 17.8 Å². The molecule has 4 rings (SSSR count). The molecule has 11 heteroatoms. The van der Waals surface area contributed by atoms with Crippen molar-refractivity contribution in [2.24, 2.45) is 7.05 Å². The van der Waals surface area contributed by atoms with E-state index < -0.39 is 23.5 Å². The van der Waals surface area contributed by atoms with Gasteiger partial charge in [-0.1, -0.05) is 17.8 Å². The van der Waals surface area contributed by atoms with E-state index in [1.54, 1.807) is 16.7 Å². The van der Waals surface area contributed by atoms with Crippen molar-refractivity contribution in [1.82, 2.24) is 19.3 Å². The van der Waals surface area contributed by atoms with Gasteiger partial charge in [-0.2, -0.15) is 13.2 Å². The van der Waals surface area contributed by atoms with Gasteiger partial charge in [-0.05, 0) is 54.6 Å². The second-order valence-corrected chi connectivity index (χ2v) is 8.36. The number of hydrogen-bond donors (Lipinski definition) is 1. The van der Waals surface area contributed by atoms with Gasteiger partial charge in [0, 0.05) is 36.7 Å². The third-order valence-electron chi connectivity index (χ3n) is 4.98. The molecule has 6 nitrogen and oxygen atoms in total. The molecule has 2 aromatic heterocycles. The predicted octanol–water partition coefficient (Wildman–Crippen LogP) is 5.09. The Morgan fingerprint density at radius 1 is 1.06 bits per heavy atom. The molecule has 0 fully saturated rings. The lowest BCUT2D eigenvalue weighted by atomic mass is 10.2. The maximum Gasteiger partial charge on any atom is 0.416 e. The standard InChI is InChI=1S/C23H19F4N5OS/c1-31-11-3-6-19(31)13-20-29-30-22(32(20)18-9-7-16(24)8-10-18)34-14-21(33)28-17-5-2-4-15(12-17)23(25,26)27/h2-12H,13-14H2,1H3,(H,28,33). The molecule has 1 amide bonds. The lowest BCUT2D eigenvalue weighted by Gasteiger charge is -2.11. The number of nitrogens with one attached hydrogen (secondary N) is 1. The largest absolute Gasteiger partial charge is 0.416 e. The van der Waals surface area contributed by atoms with E-state index in [1.807, 2.05) is 29.9 Å². The molecule has 0 bridgehead atoms. The lowest BCUT2D eigenvalue weighted by molar-refractivity contribution is -0.137. The van der Waals surface area contributed by atoms with Crippen LogP contribution in [0.2, 0.25) is 0 Å². The van der Waals surface area contributed by atoms with Crippen molar-refractivity contribution < 1.29 is 22.4 Å². The summed E-state index contributed by atoms with van der Waals surface area (Å²) < 4.78 is 55.9. The average Bonchev–Trinajstić information content (AvgIpc) is 3.38. The van der Waals surface area contributed by atoms with Gasteiger partial charge >= 0.3 is 6.18 Å². The summed E-state index contributed by atoms with van der Waals surface area (Å²) in [5.41, 5.74) is 0.801. The van der Waals surface area contributed by atoms with Gasteiger partial charge in [-0.25, -0.2) is 4.39 Å². The topological polar surface area (TPSA) is 64.7 Å². The lowest BCUT2D eigenvalue weighted by Crippen LogP contribution is -2.15. The van der Waals surface area contributed by atoms with Crippen LogP contribution in [0.4, 0.5) is 23.2 Å². The maximum absolute atomic E-state index is 13.5. The summed E-state index contributed by atoms with van der Waals surface area (Å²) in [4.78, 5) is 12.4. The Morgan fingerprint density at radius 3 is 2.50 bits per heavy atom. The average molecular weight is 489 g/mol. The van der Waals surface area contributed by atoms with Gasteiger partial charge in [0.25, 0.3) is 0 Å². The number of aromatic nitrogens is 4. The zero-order chi connectivity index (χ0) is 24.3. The van der Waals surface area contributed by atoms with E-state index in [9.17, 15) is 22.4 Å². The molecule has 34 heavy (non-hydrogen) atoms. The molecule has 1 N–H and O–H groups in total. The number of carbonyl (C=O) groups is 1. The Hall–Kier alpha value is -3.60.